The maximum atomic E-state index is 12.8. The molecule has 0 aromatic heterocycles. The number of halogens is 2. The number of benzene rings is 3. The molecular weight excluding hydrogens is 546 g/mol. The lowest BCUT2D eigenvalue weighted by Crippen LogP contribution is -2.38. The molecule has 3 aromatic carbocycles. The van der Waals surface area contributed by atoms with Crippen LogP contribution in [0.5, 0.6) is 5.75 Å². The third-order valence-corrected chi connectivity index (χ3v) is 6.53. The largest absolute Gasteiger partial charge is 0.488 e. The summed E-state index contributed by atoms with van der Waals surface area (Å²) in [6, 6.07) is 19.5. The second-order valence-corrected chi connectivity index (χ2v) is 9.27. The Bertz CT molecular complexity index is 1360. The minimum absolute atomic E-state index is 0.0818. The lowest BCUT2D eigenvalue weighted by Gasteiger charge is -2.13. The molecule has 0 aliphatic carbocycles. The summed E-state index contributed by atoms with van der Waals surface area (Å²) >= 11 is 9.66. The summed E-state index contributed by atoms with van der Waals surface area (Å²) in [5.41, 5.74) is 3.24. The van der Waals surface area contributed by atoms with Crippen molar-refractivity contribution in [3.63, 3.8) is 0 Å². The Morgan fingerprint density at radius 1 is 1.08 bits per heavy atom. The Hall–Kier alpha value is -3.62. The predicted molar refractivity (Wildman–Crippen MR) is 143 cm³/mol. The van der Waals surface area contributed by atoms with Crippen LogP contribution in [0.4, 0.5) is 10.5 Å². The number of amides is 4. The van der Waals surface area contributed by atoms with Gasteiger partial charge < -0.3 is 15.4 Å². The first-order valence-corrected chi connectivity index (χ1v) is 12.4. The van der Waals surface area contributed by atoms with E-state index in [0.29, 0.717) is 33.1 Å². The molecule has 2 N–H and O–H groups in total. The van der Waals surface area contributed by atoms with Crippen molar-refractivity contribution in [2.45, 2.75) is 20.0 Å². The Labute approximate surface area is 222 Å². The third kappa shape index (κ3) is 5.95. The summed E-state index contributed by atoms with van der Waals surface area (Å²) in [7, 11) is 0. The van der Waals surface area contributed by atoms with Crippen molar-refractivity contribution in [2.75, 3.05) is 11.9 Å². The molecule has 3 aromatic rings. The zero-order chi connectivity index (χ0) is 25.7. The molecule has 0 unspecified atom stereocenters. The van der Waals surface area contributed by atoms with Crippen LogP contribution in [0.3, 0.4) is 0 Å². The van der Waals surface area contributed by atoms with Crippen LogP contribution in [0.25, 0.3) is 6.08 Å². The molecule has 0 bridgehead atoms. The fourth-order valence-corrected chi connectivity index (χ4v) is 4.36. The van der Waals surface area contributed by atoms with Gasteiger partial charge in [-0.05, 0) is 63.8 Å². The van der Waals surface area contributed by atoms with Crippen LogP contribution in [0, 0.1) is 0 Å². The van der Waals surface area contributed by atoms with Gasteiger partial charge in [0.05, 0.1) is 4.47 Å². The van der Waals surface area contributed by atoms with E-state index in [-0.39, 0.29) is 5.70 Å². The van der Waals surface area contributed by atoms with Gasteiger partial charge in [-0.3, -0.25) is 9.59 Å². The number of carbonyl (C=O) groups excluding carboxylic acids is 3. The van der Waals surface area contributed by atoms with Gasteiger partial charge in [-0.1, -0.05) is 61.0 Å². The predicted octanol–water partition coefficient (Wildman–Crippen LogP) is 5.78. The van der Waals surface area contributed by atoms with Gasteiger partial charge >= 0.3 is 6.03 Å². The molecule has 0 spiro atoms. The topological polar surface area (TPSA) is 87.7 Å². The third-order valence-electron chi connectivity index (χ3n) is 5.54. The van der Waals surface area contributed by atoms with E-state index in [4.69, 9.17) is 16.3 Å². The maximum absolute atomic E-state index is 12.8. The smallest absolute Gasteiger partial charge is 0.329 e. The number of hydrogen-bond acceptors (Lipinski definition) is 4. The molecule has 0 saturated carbocycles. The zero-order valence-corrected chi connectivity index (χ0v) is 21.7. The first-order chi connectivity index (χ1) is 17.4. The van der Waals surface area contributed by atoms with Crippen molar-refractivity contribution in [1.29, 1.82) is 0 Å². The van der Waals surface area contributed by atoms with E-state index in [0.717, 1.165) is 22.4 Å². The number of imide groups is 1. The molecule has 1 aliphatic rings. The van der Waals surface area contributed by atoms with Crippen LogP contribution < -0.4 is 15.4 Å². The summed E-state index contributed by atoms with van der Waals surface area (Å²) in [5, 5.41) is 5.94. The molecule has 1 aliphatic heterocycles. The van der Waals surface area contributed by atoms with Crippen molar-refractivity contribution in [1.82, 2.24) is 10.2 Å². The number of urea groups is 1. The lowest BCUT2D eigenvalue weighted by molar-refractivity contribution is -0.127. The Morgan fingerprint density at radius 3 is 2.53 bits per heavy atom. The van der Waals surface area contributed by atoms with Crippen LogP contribution in [0.1, 0.15) is 23.6 Å². The molecule has 36 heavy (non-hydrogen) atoms. The van der Waals surface area contributed by atoms with E-state index in [2.05, 4.69) is 26.6 Å². The highest BCUT2D eigenvalue weighted by atomic mass is 79.9. The molecular formula is C27H23BrClN3O4. The van der Waals surface area contributed by atoms with Crippen molar-refractivity contribution in [2.24, 2.45) is 0 Å². The molecule has 1 heterocycles. The van der Waals surface area contributed by atoms with Crippen LogP contribution in [0.15, 0.2) is 76.9 Å². The van der Waals surface area contributed by atoms with E-state index in [1.165, 1.54) is 0 Å². The number of anilines is 1. The fraction of sp³-hybridized carbons (Fsp3) is 0.148. The molecule has 9 heteroatoms. The van der Waals surface area contributed by atoms with Crippen molar-refractivity contribution >= 4 is 57.1 Å². The lowest BCUT2D eigenvalue weighted by atomic mass is 10.1. The van der Waals surface area contributed by atoms with Crippen LogP contribution in [0.2, 0.25) is 5.02 Å². The number of rotatable bonds is 8. The monoisotopic (exact) mass is 567 g/mol. The van der Waals surface area contributed by atoms with Crippen LogP contribution in [-0.4, -0.2) is 29.3 Å². The minimum Gasteiger partial charge on any atom is -0.488 e. The normalized spacial score (nSPS) is 14.2. The highest BCUT2D eigenvalue weighted by Crippen LogP contribution is 2.29. The second-order valence-electron chi connectivity index (χ2n) is 8.01. The molecule has 0 atom stereocenters. The summed E-state index contributed by atoms with van der Waals surface area (Å²) in [6.07, 6.45) is 2.29. The number of nitrogens with zero attached hydrogens (tertiary/aromatic N) is 1. The van der Waals surface area contributed by atoms with Gasteiger partial charge in [0, 0.05) is 16.3 Å². The quantitative estimate of drug-likeness (QED) is 0.267. The van der Waals surface area contributed by atoms with E-state index in [1.807, 2.05) is 43.3 Å². The van der Waals surface area contributed by atoms with Gasteiger partial charge in [-0.15, -0.1) is 0 Å². The number of hydrogen-bond donors (Lipinski definition) is 2. The highest BCUT2D eigenvalue weighted by molar-refractivity contribution is 9.10. The molecule has 7 nitrogen and oxygen atoms in total. The van der Waals surface area contributed by atoms with Gasteiger partial charge in [0.1, 0.15) is 24.6 Å². The first-order valence-electron chi connectivity index (χ1n) is 11.2. The number of ether oxygens (including phenoxy) is 1. The number of para-hydroxylation sites is 1. The molecule has 0 radical (unpaired) electrons. The average molecular weight is 569 g/mol. The van der Waals surface area contributed by atoms with Crippen LogP contribution in [-0.2, 0) is 22.6 Å². The standard InChI is InChI=1S/C27H23BrClN3O4/c1-2-18-7-4-6-10-22(18)30-25(33)15-32-26(34)23(31-27(32)35)14-17-11-12-24(20(28)13-17)36-16-19-8-3-5-9-21(19)29/h3-14H,2,15-16H2,1H3,(H,30,33)(H,31,35)/b23-14+. The Morgan fingerprint density at radius 2 is 1.81 bits per heavy atom. The second kappa shape index (κ2) is 11.4. The van der Waals surface area contributed by atoms with E-state index in [9.17, 15) is 14.4 Å². The Balaban J connectivity index is 1.41. The van der Waals surface area contributed by atoms with Gasteiger partial charge in [-0.2, -0.15) is 0 Å². The van der Waals surface area contributed by atoms with E-state index >= 15 is 0 Å². The Kier molecular flexibility index (Phi) is 8.07. The average Bonchev–Trinajstić information content (AvgIpc) is 3.12. The van der Waals surface area contributed by atoms with Crippen molar-refractivity contribution in [3.8, 4) is 5.75 Å². The van der Waals surface area contributed by atoms with Crippen molar-refractivity contribution < 1.29 is 19.1 Å². The minimum atomic E-state index is -0.649. The fourth-order valence-electron chi connectivity index (χ4n) is 3.66. The SMILES string of the molecule is CCc1ccccc1NC(=O)CN1C(=O)N/C(=C/c2ccc(OCc3ccccc3Cl)c(Br)c2)C1=O. The molecule has 184 valence electrons. The first kappa shape index (κ1) is 25.5. The maximum Gasteiger partial charge on any atom is 0.329 e. The van der Waals surface area contributed by atoms with Gasteiger partial charge in [0.25, 0.3) is 5.91 Å². The van der Waals surface area contributed by atoms with E-state index in [1.54, 1.807) is 36.4 Å². The van der Waals surface area contributed by atoms with E-state index < -0.39 is 24.4 Å². The zero-order valence-electron chi connectivity index (χ0n) is 19.4. The highest BCUT2D eigenvalue weighted by Gasteiger charge is 2.35. The molecule has 4 amide bonds. The summed E-state index contributed by atoms with van der Waals surface area (Å²) in [4.78, 5) is 38.6. The van der Waals surface area contributed by atoms with Crippen LogP contribution >= 0.6 is 27.5 Å². The number of aryl methyl sites for hydroxylation is 1. The van der Waals surface area contributed by atoms with Gasteiger partial charge in [-0.25, -0.2) is 9.69 Å². The molecule has 1 saturated heterocycles. The summed E-state index contributed by atoms with van der Waals surface area (Å²) < 4.78 is 6.52. The summed E-state index contributed by atoms with van der Waals surface area (Å²) in [6.45, 7) is 1.89. The summed E-state index contributed by atoms with van der Waals surface area (Å²) in [5.74, 6) is -0.429. The van der Waals surface area contributed by atoms with Crippen molar-refractivity contribution in [3.05, 3.63) is 98.6 Å². The molecule has 4 rings (SSSR count). The van der Waals surface area contributed by atoms with Gasteiger partial charge in [0.15, 0.2) is 0 Å². The molecule has 1 fully saturated rings. The number of carbonyl (C=O) groups is 3. The van der Waals surface area contributed by atoms with Gasteiger partial charge in [0.2, 0.25) is 5.91 Å². The number of nitrogens with one attached hydrogen (secondary N) is 2.